The van der Waals surface area contributed by atoms with E-state index in [1.807, 2.05) is 18.5 Å². The highest BCUT2D eigenvalue weighted by molar-refractivity contribution is 6.06. The lowest BCUT2D eigenvalue weighted by molar-refractivity contribution is 0.321. The van der Waals surface area contributed by atoms with Gasteiger partial charge in [-0.05, 0) is 119 Å². The van der Waals surface area contributed by atoms with Gasteiger partial charge in [0.2, 0.25) is 0 Å². The summed E-state index contributed by atoms with van der Waals surface area (Å²) in [6, 6.07) is 26.8. The third-order valence-corrected chi connectivity index (χ3v) is 10.0. The lowest BCUT2D eigenvalue weighted by atomic mass is 9.62. The molecular weight excluding hydrogens is 530 g/mol. The molecule has 0 amide bonds. The highest BCUT2D eigenvalue weighted by Gasteiger charge is 2.39. The van der Waals surface area contributed by atoms with Crippen LogP contribution >= 0.6 is 0 Å². The van der Waals surface area contributed by atoms with E-state index in [1.54, 1.807) is 5.57 Å². The molecule has 3 aliphatic carbocycles. The van der Waals surface area contributed by atoms with Crippen LogP contribution in [0.4, 0.5) is 0 Å². The Labute approximate surface area is 262 Å². The molecule has 0 radical (unpaired) electrons. The summed E-state index contributed by atoms with van der Waals surface area (Å²) in [4.78, 5) is 4.35. The van der Waals surface area contributed by atoms with E-state index in [0.717, 1.165) is 24.8 Å². The predicted molar refractivity (Wildman–Crippen MR) is 188 cm³/mol. The molecule has 218 valence electrons. The summed E-state index contributed by atoms with van der Waals surface area (Å²) in [6.45, 7) is 6.84. The van der Waals surface area contributed by atoms with E-state index in [2.05, 4.69) is 135 Å². The van der Waals surface area contributed by atoms with Gasteiger partial charge < -0.3 is 0 Å². The maximum absolute atomic E-state index is 4.35. The van der Waals surface area contributed by atoms with E-state index in [1.165, 1.54) is 61.7 Å². The maximum atomic E-state index is 4.35. The number of pyridine rings is 1. The second-order valence-electron chi connectivity index (χ2n) is 12.5. The van der Waals surface area contributed by atoms with Crippen molar-refractivity contribution < 1.29 is 0 Å². The fourth-order valence-electron chi connectivity index (χ4n) is 7.92. The fourth-order valence-corrected chi connectivity index (χ4v) is 7.92. The number of hydrogen-bond donors (Lipinski definition) is 0. The molecule has 1 heteroatoms. The zero-order valence-electron chi connectivity index (χ0n) is 26.1. The van der Waals surface area contributed by atoms with Crippen molar-refractivity contribution >= 4 is 16.3 Å². The molecule has 44 heavy (non-hydrogen) atoms. The number of hydrogen-bond acceptors (Lipinski definition) is 1. The summed E-state index contributed by atoms with van der Waals surface area (Å²) in [5.74, 6) is 1.60. The Kier molecular flexibility index (Phi) is 7.88. The number of aromatic nitrogens is 1. The standard InChI is InChI=1S/C43H41N/c1-4-12-35-29(3)42(31-22-20-30(5-2)21-23-31)39-18-8-9-19-40(39)43(35)41-25-24-36(37-16-6-7-17-38(37)41)33-14-10-13-32(27-33)34-15-11-26-44-28-34/h4,6-7,9-17,19-22,24-28,31,39,42H,5,8,18,23H2,1-3H3/b12-4-. The predicted octanol–water partition coefficient (Wildman–Crippen LogP) is 11.7. The molecule has 0 N–H and O–H groups in total. The van der Waals surface area contributed by atoms with Crippen LogP contribution in [-0.4, -0.2) is 4.98 Å². The van der Waals surface area contributed by atoms with Crippen LogP contribution in [0.3, 0.4) is 0 Å². The van der Waals surface area contributed by atoms with E-state index < -0.39 is 0 Å². The van der Waals surface area contributed by atoms with Gasteiger partial charge in [0.25, 0.3) is 0 Å². The lowest BCUT2D eigenvalue weighted by Gasteiger charge is -2.42. The third kappa shape index (κ3) is 5.05. The number of benzene rings is 3. The third-order valence-electron chi connectivity index (χ3n) is 10.0. The molecule has 4 aromatic rings. The van der Waals surface area contributed by atoms with Crippen molar-refractivity contribution in [3.63, 3.8) is 0 Å². The molecule has 1 heterocycles. The fraction of sp³-hybridized carbons (Fsp3) is 0.233. The van der Waals surface area contributed by atoms with Crippen LogP contribution in [0.1, 0.15) is 52.0 Å². The Hall–Kier alpha value is -4.49. The number of rotatable bonds is 6. The Morgan fingerprint density at radius 1 is 0.864 bits per heavy atom. The minimum atomic E-state index is 0.525. The molecule has 0 bridgehead atoms. The van der Waals surface area contributed by atoms with Gasteiger partial charge in [-0.25, -0.2) is 0 Å². The number of nitrogens with zero attached hydrogens (tertiary/aromatic N) is 1. The average molecular weight is 572 g/mol. The molecule has 0 saturated carbocycles. The molecule has 1 aromatic heterocycles. The van der Waals surface area contributed by atoms with Crippen LogP contribution in [0.5, 0.6) is 0 Å². The van der Waals surface area contributed by atoms with Crippen LogP contribution in [0.25, 0.3) is 38.6 Å². The molecular formula is C43H41N. The monoisotopic (exact) mass is 571 g/mol. The molecule has 0 saturated heterocycles. The molecule has 3 aromatic carbocycles. The van der Waals surface area contributed by atoms with Crippen molar-refractivity contribution in [2.75, 3.05) is 0 Å². The van der Waals surface area contributed by atoms with Crippen LogP contribution < -0.4 is 0 Å². The summed E-state index contributed by atoms with van der Waals surface area (Å²) in [5, 5.41) is 2.61. The van der Waals surface area contributed by atoms with E-state index in [0.29, 0.717) is 17.8 Å². The molecule has 0 spiro atoms. The normalized spacial score (nSPS) is 21.7. The molecule has 1 nitrogen and oxygen atoms in total. The van der Waals surface area contributed by atoms with Gasteiger partial charge in [-0.2, -0.15) is 0 Å². The van der Waals surface area contributed by atoms with Crippen LogP contribution in [0, 0.1) is 17.8 Å². The number of allylic oxidation sites excluding steroid dienone is 12. The van der Waals surface area contributed by atoms with E-state index in [-0.39, 0.29) is 0 Å². The molecule has 3 unspecified atom stereocenters. The van der Waals surface area contributed by atoms with E-state index in [4.69, 9.17) is 0 Å². The lowest BCUT2D eigenvalue weighted by Crippen LogP contribution is -2.31. The smallest absolute Gasteiger partial charge is 0.0346 e. The van der Waals surface area contributed by atoms with E-state index >= 15 is 0 Å². The van der Waals surface area contributed by atoms with Crippen molar-refractivity contribution in [1.82, 2.24) is 4.98 Å². The molecule has 3 atom stereocenters. The highest BCUT2D eigenvalue weighted by Crippen LogP contribution is 2.52. The Bertz CT molecular complexity index is 1890. The quantitative estimate of drug-likeness (QED) is 0.224. The van der Waals surface area contributed by atoms with Gasteiger partial charge in [0, 0.05) is 18.0 Å². The highest BCUT2D eigenvalue weighted by atomic mass is 14.6. The Morgan fingerprint density at radius 2 is 1.66 bits per heavy atom. The van der Waals surface area contributed by atoms with Gasteiger partial charge in [0.05, 0.1) is 0 Å². The minimum Gasteiger partial charge on any atom is -0.264 e. The first-order valence-corrected chi connectivity index (χ1v) is 16.3. The topological polar surface area (TPSA) is 12.9 Å². The van der Waals surface area contributed by atoms with Crippen LogP contribution in [-0.2, 0) is 0 Å². The van der Waals surface area contributed by atoms with Gasteiger partial charge >= 0.3 is 0 Å². The van der Waals surface area contributed by atoms with Gasteiger partial charge in [0.15, 0.2) is 0 Å². The van der Waals surface area contributed by atoms with Crippen molar-refractivity contribution in [1.29, 1.82) is 0 Å². The SMILES string of the molecule is C/C=C\C1=C(C)C(C2C=CC(CC)=CC2)C2CCC=CC2=C1c1ccc(-c2cccc(-c3cccnc3)c2)c2ccccc12. The summed E-state index contributed by atoms with van der Waals surface area (Å²) in [5.41, 5.74) is 13.5. The van der Waals surface area contributed by atoms with E-state index in [9.17, 15) is 0 Å². The number of fused-ring (bicyclic) bond motifs is 2. The molecule has 0 aliphatic heterocycles. The average Bonchev–Trinajstić information content (AvgIpc) is 3.09. The van der Waals surface area contributed by atoms with Gasteiger partial charge in [-0.1, -0.05) is 121 Å². The molecule has 0 fully saturated rings. The zero-order valence-corrected chi connectivity index (χ0v) is 26.1. The van der Waals surface area contributed by atoms with Crippen LogP contribution in [0.15, 0.2) is 150 Å². The van der Waals surface area contributed by atoms with Gasteiger partial charge in [-0.3, -0.25) is 4.98 Å². The summed E-state index contributed by atoms with van der Waals surface area (Å²) < 4.78 is 0. The second-order valence-corrected chi connectivity index (χ2v) is 12.5. The second kappa shape index (κ2) is 12.2. The van der Waals surface area contributed by atoms with Gasteiger partial charge in [0.1, 0.15) is 0 Å². The zero-order chi connectivity index (χ0) is 30.0. The summed E-state index contributed by atoms with van der Waals surface area (Å²) in [7, 11) is 0. The summed E-state index contributed by atoms with van der Waals surface area (Å²) in [6.07, 6.45) is 25.3. The Balaban J connectivity index is 1.39. The molecule has 7 rings (SSSR count). The molecule has 3 aliphatic rings. The first-order valence-electron chi connectivity index (χ1n) is 16.3. The first kappa shape index (κ1) is 28.3. The first-order chi connectivity index (χ1) is 21.7. The van der Waals surface area contributed by atoms with Crippen molar-refractivity contribution in [2.45, 2.75) is 46.5 Å². The summed E-state index contributed by atoms with van der Waals surface area (Å²) >= 11 is 0. The van der Waals surface area contributed by atoms with Crippen molar-refractivity contribution in [2.24, 2.45) is 17.8 Å². The van der Waals surface area contributed by atoms with Gasteiger partial charge in [-0.15, -0.1) is 0 Å². The van der Waals surface area contributed by atoms with Crippen LogP contribution in [0.2, 0.25) is 0 Å². The van der Waals surface area contributed by atoms with Crippen molar-refractivity contribution in [3.8, 4) is 22.3 Å². The maximum Gasteiger partial charge on any atom is 0.0346 e. The minimum absolute atomic E-state index is 0.525. The largest absolute Gasteiger partial charge is 0.264 e. The Morgan fingerprint density at radius 3 is 2.41 bits per heavy atom. The van der Waals surface area contributed by atoms with Crippen molar-refractivity contribution in [3.05, 3.63) is 156 Å².